The van der Waals surface area contributed by atoms with Gasteiger partial charge in [0.25, 0.3) is 0 Å². The molecule has 4 N–H and O–H groups in total. The first-order valence-electron chi connectivity index (χ1n) is 5.04. The zero-order valence-electron chi connectivity index (χ0n) is 9.14. The number of hydrogen-bond acceptors (Lipinski definition) is 3. The van der Waals surface area contributed by atoms with Crippen molar-refractivity contribution in [1.82, 2.24) is 5.32 Å². The lowest BCUT2D eigenvalue weighted by molar-refractivity contribution is 0.120. The van der Waals surface area contributed by atoms with Crippen molar-refractivity contribution in [1.29, 1.82) is 0 Å². The van der Waals surface area contributed by atoms with Crippen molar-refractivity contribution in [3.05, 3.63) is 0 Å². The van der Waals surface area contributed by atoms with Crippen molar-refractivity contribution in [3.63, 3.8) is 0 Å². The SMILES string of the molecule is CC(C)(C)CC(O)CNCCCN. The van der Waals surface area contributed by atoms with Gasteiger partial charge in [-0.25, -0.2) is 0 Å². The van der Waals surface area contributed by atoms with E-state index in [2.05, 4.69) is 26.1 Å². The maximum atomic E-state index is 9.59. The predicted molar refractivity (Wildman–Crippen MR) is 56.6 cm³/mol. The molecule has 3 heteroatoms. The normalized spacial score (nSPS) is 14.5. The number of hydrogen-bond donors (Lipinski definition) is 3. The van der Waals surface area contributed by atoms with Gasteiger partial charge in [0.15, 0.2) is 0 Å². The van der Waals surface area contributed by atoms with Gasteiger partial charge in [-0.05, 0) is 31.3 Å². The van der Waals surface area contributed by atoms with Crippen LogP contribution in [0.2, 0.25) is 0 Å². The Hall–Kier alpha value is -0.120. The summed E-state index contributed by atoms with van der Waals surface area (Å²) in [6.07, 6.45) is 1.57. The van der Waals surface area contributed by atoms with Crippen LogP contribution < -0.4 is 11.1 Å². The van der Waals surface area contributed by atoms with Crippen molar-refractivity contribution in [2.45, 2.75) is 39.7 Å². The molecule has 0 heterocycles. The molecule has 80 valence electrons. The van der Waals surface area contributed by atoms with Crippen LogP contribution in [-0.2, 0) is 0 Å². The summed E-state index contributed by atoms with van der Waals surface area (Å²) >= 11 is 0. The number of aliphatic hydroxyl groups excluding tert-OH is 1. The average Bonchev–Trinajstić information content (AvgIpc) is 1.94. The van der Waals surface area contributed by atoms with Crippen molar-refractivity contribution < 1.29 is 5.11 Å². The van der Waals surface area contributed by atoms with Crippen LogP contribution in [0.1, 0.15) is 33.6 Å². The molecule has 0 rings (SSSR count). The van der Waals surface area contributed by atoms with E-state index in [-0.39, 0.29) is 11.5 Å². The summed E-state index contributed by atoms with van der Waals surface area (Å²) < 4.78 is 0. The van der Waals surface area contributed by atoms with Crippen LogP contribution >= 0.6 is 0 Å². The summed E-state index contributed by atoms with van der Waals surface area (Å²) in [6, 6.07) is 0. The van der Waals surface area contributed by atoms with Gasteiger partial charge in [0.05, 0.1) is 6.10 Å². The predicted octanol–water partition coefficient (Wildman–Crippen LogP) is 0.722. The summed E-state index contributed by atoms with van der Waals surface area (Å²) in [5, 5.41) is 12.8. The topological polar surface area (TPSA) is 58.3 Å². The Morgan fingerprint density at radius 1 is 1.38 bits per heavy atom. The summed E-state index contributed by atoms with van der Waals surface area (Å²) in [7, 11) is 0. The maximum Gasteiger partial charge on any atom is 0.0669 e. The molecule has 0 fully saturated rings. The second-order valence-corrected chi connectivity index (χ2v) is 4.76. The van der Waals surface area contributed by atoms with Gasteiger partial charge in [0.2, 0.25) is 0 Å². The summed E-state index contributed by atoms with van der Waals surface area (Å²) in [5.41, 5.74) is 5.55. The summed E-state index contributed by atoms with van der Waals surface area (Å²) in [6.45, 7) is 8.69. The van der Waals surface area contributed by atoms with Gasteiger partial charge in [-0.1, -0.05) is 20.8 Å². The van der Waals surface area contributed by atoms with Crippen LogP contribution in [0, 0.1) is 5.41 Å². The molecule has 0 saturated carbocycles. The molecule has 1 unspecified atom stereocenters. The molecule has 0 saturated heterocycles. The third kappa shape index (κ3) is 9.80. The Morgan fingerprint density at radius 2 is 2.00 bits per heavy atom. The Bertz CT molecular complexity index is 121. The van der Waals surface area contributed by atoms with Gasteiger partial charge in [0.1, 0.15) is 0 Å². The largest absolute Gasteiger partial charge is 0.392 e. The van der Waals surface area contributed by atoms with Crippen LogP contribution in [0.15, 0.2) is 0 Å². The minimum absolute atomic E-state index is 0.203. The fraction of sp³-hybridized carbons (Fsp3) is 1.00. The van der Waals surface area contributed by atoms with Crippen LogP contribution in [0.4, 0.5) is 0 Å². The van der Waals surface area contributed by atoms with E-state index in [1.165, 1.54) is 0 Å². The molecular formula is C10H24N2O. The van der Waals surface area contributed by atoms with E-state index < -0.39 is 0 Å². The van der Waals surface area contributed by atoms with Gasteiger partial charge < -0.3 is 16.2 Å². The van der Waals surface area contributed by atoms with Gasteiger partial charge in [-0.2, -0.15) is 0 Å². The Kier molecular flexibility index (Phi) is 6.29. The monoisotopic (exact) mass is 188 g/mol. The van der Waals surface area contributed by atoms with Crippen molar-refractivity contribution in [2.24, 2.45) is 11.1 Å². The van der Waals surface area contributed by atoms with Crippen LogP contribution in [-0.4, -0.2) is 30.8 Å². The first-order chi connectivity index (χ1) is 5.95. The highest BCUT2D eigenvalue weighted by Gasteiger charge is 2.15. The fourth-order valence-electron chi connectivity index (χ4n) is 1.27. The van der Waals surface area contributed by atoms with Gasteiger partial charge >= 0.3 is 0 Å². The molecule has 0 aromatic carbocycles. The molecule has 0 aliphatic heterocycles. The smallest absolute Gasteiger partial charge is 0.0669 e. The lowest BCUT2D eigenvalue weighted by Gasteiger charge is -2.22. The highest BCUT2D eigenvalue weighted by molar-refractivity contribution is 4.69. The molecule has 0 aromatic rings. The van der Waals surface area contributed by atoms with E-state index in [1.807, 2.05) is 0 Å². The minimum atomic E-state index is -0.238. The van der Waals surface area contributed by atoms with E-state index in [0.717, 1.165) is 19.4 Å². The first kappa shape index (κ1) is 12.9. The van der Waals surface area contributed by atoms with Crippen molar-refractivity contribution in [3.8, 4) is 0 Å². The molecule has 0 radical (unpaired) electrons. The summed E-state index contributed by atoms with van der Waals surface area (Å²) in [5.74, 6) is 0. The third-order valence-electron chi connectivity index (χ3n) is 1.79. The molecule has 0 aromatic heterocycles. The van der Waals surface area contributed by atoms with E-state index in [1.54, 1.807) is 0 Å². The molecule has 0 aliphatic rings. The second kappa shape index (κ2) is 6.35. The quantitative estimate of drug-likeness (QED) is 0.538. The number of nitrogens with two attached hydrogens (primary N) is 1. The Morgan fingerprint density at radius 3 is 2.46 bits per heavy atom. The molecule has 0 spiro atoms. The lowest BCUT2D eigenvalue weighted by Crippen LogP contribution is -2.31. The van der Waals surface area contributed by atoms with Crippen molar-refractivity contribution >= 4 is 0 Å². The minimum Gasteiger partial charge on any atom is -0.392 e. The second-order valence-electron chi connectivity index (χ2n) is 4.76. The van der Waals surface area contributed by atoms with Crippen LogP contribution in [0.3, 0.4) is 0 Å². The zero-order chi connectivity index (χ0) is 10.3. The molecule has 1 atom stereocenters. The van der Waals surface area contributed by atoms with Crippen LogP contribution in [0.5, 0.6) is 0 Å². The molecule has 0 bridgehead atoms. The molecule has 0 amide bonds. The molecule has 13 heavy (non-hydrogen) atoms. The Balaban J connectivity index is 3.35. The highest BCUT2D eigenvalue weighted by atomic mass is 16.3. The average molecular weight is 188 g/mol. The van der Waals surface area contributed by atoms with E-state index in [0.29, 0.717) is 13.1 Å². The van der Waals surface area contributed by atoms with E-state index >= 15 is 0 Å². The maximum absolute atomic E-state index is 9.59. The van der Waals surface area contributed by atoms with E-state index in [4.69, 9.17) is 5.73 Å². The third-order valence-corrected chi connectivity index (χ3v) is 1.79. The Labute approximate surface area is 81.7 Å². The summed E-state index contributed by atoms with van der Waals surface area (Å²) in [4.78, 5) is 0. The van der Waals surface area contributed by atoms with Gasteiger partial charge in [-0.3, -0.25) is 0 Å². The molecular weight excluding hydrogens is 164 g/mol. The number of rotatable bonds is 6. The highest BCUT2D eigenvalue weighted by Crippen LogP contribution is 2.20. The standard InChI is InChI=1S/C10H24N2O/c1-10(2,3)7-9(13)8-12-6-4-5-11/h9,12-13H,4-8,11H2,1-3H3. The van der Waals surface area contributed by atoms with Crippen molar-refractivity contribution in [2.75, 3.05) is 19.6 Å². The van der Waals surface area contributed by atoms with E-state index in [9.17, 15) is 5.11 Å². The number of aliphatic hydroxyl groups is 1. The molecule has 3 nitrogen and oxygen atoms in total. The van der Waals surface area contributed by atoms with Gasteiger partial charge in [-0.15, -0.1) is 0 Å². The van der Waals surface area contributed by atoms with Crippen LogP contribution in [0.25, 0.3) is 0 Å². The first-order valence-corrected chi connectivity index (χ1v) is 5.04. The fourth-order valence-corrected chi connectivity index (χ4v) is 1.27. The number of nitrogens with one attached hydrogen (secondary N) is 1. The molecule has 0 aliphatic carbocycles. The van der Waals surface area contributed by atoms with Gasteiger partial charge in [0, 0.05) is 6.54 Å². The zero-order valence-corrected chi connectivity index (χ0v) is 9.14. The lowest BCUT2D eigenvalue weighted by atomic mass is 9.89.